The Hall–Kier alpha value is -1.12. The van der Waals surface area contributed by atoms with Gasteiger partial charge in [-0.1, -0.05) is 0 Å². The van der Waals surface area contributed by atoms with Gasteiger partial charge in [0.15, 0.2) is 0 Å². The monoisotopic (exact) mass is 154 g/mol. The number of carbonyl (C=O) groups is 1. The Kier molecular flexibility index (Phi) is 4.18. The molecule has 62 valence electrons. The molecule has 0 aliphatic rings. The third kappa shape index (κ3) is 2.98. The van der Waals surface area contributed by atoms with Crippen LogP contribution in [0.1, 0.15) is 25.5 Å². The van der Waals surface area contributed by atoms with E-state index in [1.165, 1.54) is 5.56 Å². The maximum absolute atomic E-state index is 8.00. The minimum atomic E-state index is 0.485. The lowest BCUT2D eigenvalue weighted by Gasteiger charge is -2.02. The average Bonchev–Trinajstić information content (AvgIpc) is 2.40. The van der Waals surface area contributed by atoms with E-state index in [1.54, 1.807) is 0 Å². The van der Waals surface area contributed by atoms with Crippen LogP contribution in [0.5, 0.6) is 0 Å². The van der Waals surface area contributed by atoms with Crippen molar-refractivity contribution in [2.24, 2.45) is 0 Å². The summed E-state index contributed by atoms with van der Waals surface area (Å²) in [7, 11) is 0. The van der Waals surface area contributed by atoms with Gasteiger partial charge in [0, 0.05) is 12.2 Å². The molecule has 3 nitrogen and oxygen atoms in total. The van der Waals surface area contributed by atoms with Gasteiger partial charge >= 0.3 is 0 Å². The number of hydrogen-bond acceptors (Lipinski definition) is 2. The molecule has 0 fully saturated rings. The smallest absolute Gasteiger partial charge is 0.106 e. The Morgan fingerprint density at radius 3 is 2.27 bits per heavy atom. The molecule has 0 saturated carbocycles. The fraction of sp³-hybridized carbons (Fsp3) is 0.500. The minimum absolute atomic E-state index is 0.485. The van der Waals surface area contributed by atoms with Crippen molar-refractivity contribution in [1.82, 2.24) is 9.78 Å². The third-order valence-corrected chi connectivity index (χ3v) is 1.26. The van der Waals surface area contributed by atoms with Crippen LogP contribution in [-0.2, 0) is 4.79 Å². The van der Waals surface area contributed by atoms with Gasteiger partial charge in [-0.05, 0) is 26.3 Å². The van der Waals surface area contributed by atoms with Crippen LogP contribution in [-0.4, -0.2) is 16.6 Å². The zero-order valence-corrected chi connectivity index (χ0v) is 7.24. The molecule has 1 aromatic heterocycles. The Bertz CT molecular complexity index is 206. The highest BCUT2D eigenvalue weighted by Gasteiger charge is 1.95. The van der Waals surface area contributed by atoms with Crippen molar-refractivity contribution >= 4 is 6.79 Å². The van der Waals surface area contributed by atoms with Gasteiger partial charge in [0.1, 0.15) is 6.79 Å². The van der Waals surface area contributed by atoms with Gasteiger partial charge in [-0.25, -0.2) is 0 Å². The van der Waals surface area contributed by atoms with E-state index in [2.05, 4.69) is 18.9 Å². The summed E-state index contributed by atoms with van der Waals surface area (Å²) in [6.45, 7) is 8.28. The second-order valence-electron chi connectivity index (χ2n) is 2.59. The van der Waals surface area contributed by atoms with Gasteiger partial charge in [0.2, 0.25) is 0 Å². The lowest BCUT2D eigenvalue weighted by molar-refractivity contribution is -0.0979. The first-order valence-electron chi connectivity index (χ1n) is 3.50. The third-order valence-electron chi connectivity index (χ3n) is 1.26. The summed E-state index contributed by atoms with van der Waals surface area (Å²) in [5.74, 6) is 0. The van der Waals surface area contributed by atoms with E-state index in [1.807, 2.05) is 30.8 Å². The molecular formula is C8H14N2O. The summed E-state index contributed by atoms with van der Waals surface area (Å²) in [5, 5.41) is 4.13. The molecule has 0 spiro atoms. The topological polar surface area (TPSA) is 34.9 Å². The summed E-state index contributed by atoms with van der Waals surface area (Å²) < 4.78 is 1.95. The molecule has 0 atom stereocenters. The highest BCUT2D eigenvalue weighted by Crippen LogP contribution is 2.02. The summed E-state index contributed by atoms with van der Waals surface area (Å²) >= 11 is 0. The van der Waals surface area contributed by atoms with E-state index in [0.717, 1.165) is 0 Å². The van der Waals surface area contributed by atoms with E-state index in [4.69, 9.17) is 4.79 Å². The molecular weight excluding hydrogens is 140 g/mol. The Morgan fingerprint density at radius 2 is 2.09 bits per heavy atom. The second-order valence-corrected chi connectivity index (χ2v) is 2.59. The number of nitrogens with zero attached hydrogens (tertiary/aromatic N) is 2. The molecule has 0 aliphatic heterocycles. The van der Waals surface area contributed by atoms with Gasteiger partial charge in [0.25, 0.3) is 0 Å². The molecule has 1 rings (SSSR count). The van der Waals surface area contributed by atoms with Crippen molar-refractivity contribution in [3.05, 3.63) is 18.0 Å². The molecule has 0 aliphatic carbocycles. The zero-order valence-electron chi connectivity index (χ0n) is 7.24. The van der Waals surface area contributed by atoms with E-state index in [-0.39, 0.29) is 0 Å². The van der Waals surface area contributed by atoms with Crippen molar-refractivity contribution in [1.29, 1.82) is 0 Å². The molecule has 1 aromatic rings. The fourth-order valence-electron chi connectivity index (χ4n) is 0.715. The molecule has 11 heavy (non-hydrogen) atoms. The van der Waals surface area contributed by atoms with Crippen LogP contribution in [0.25, 0.3) is 0 Å². The minimum Gasteiger partial charge on any atom is -0.307 e. The maximum Gasteiger partial charge on any atom is 0.106 e. The quantitative estimate of drug-likeness (QED) is 0.615. The second kappa shape index (κ2) is 4.66. The number of hydrogen-bond donors (Lipinski definition) is 0. The first-order valence-corrected chi connectivity index (χ1v) is 3.50. The first-order chi connectivity index (χ1) is 5.20. The lowest BCUT2D eigenvalue weighted by atomic mass is 10.4. The van der Waals surface area contributed by atoms with Gasteiger partial charge in [-0.3, -0.25) is 4.68 Å². The number of aryl methyl sites for hydroxylation is 1. The Balaban J connectivity index is 0.000000461. The van der Waals surface area contributed by atoms with E-state index in [9.17, 15) is 0 Å². The average molecular weight is 154 g/mol. The highest BCUT2D eigenvalue weighted by molar-refractivity contribution is 5.11. The SMILES string of the molecule is C=O.Cc1cnn(C(C)C)c1. The van der Waals surface area contributed by atoms with Crippen LogP contribution in [0, 0.1) is 6.92 Å². The molecule has 0 N–H and O–H groups in total. The predicted octanol–water partition coefficient (Wildman–Crippen LogP) is 1.59. The van der Waals surface area contributed by atoms with Gasteiger partial charge in [-0.2, -0.15) is 5.10 Å². The Labute approximate surface area is 67.0 Å². The molecule has 0 bridgehead atoms. The van der Waals surface area contributed by atoms with Crippen LogP contribution >= 0.6 is 0 Å². The van der Waals surface area contributed by atoms with Crippen LogP contribution in [0.4, 0.5) is 0 Å². The van der Waals surface area contributed by atoms with E-state index >= 15 is 0 Å². The fourth-order valence-corrected chi connectivity index (χ4v) is 0.715. The van der Waals surface area contributed by atoms with Gasteiger partial charge in [-0.15, -0.1) is 0 Å². The number of aromatic nitrogens is 2. The summed E-state index contributed by atoms with van der Waals surface area (Å²) in [4.78, 5) is 8.00. The summed E-state index contributed by atoms with van der Waals surface area (Å²) in [6, 6.07) is 0.485. The van der Waals surface area contributed by atoms with E-state index < -0.39 is 0 Å². The molecule has 0 amide bonds. The first kappa shape index (κ1) is 9.88. The van der Waals surface area contributed by atoms with Crippen LogP contribution in [0.2, 0.25) is 0 Å². The maximum atomic E-state index is 8.00. The highest BCUT2D eigenvalue weighted by atomic mass is 16.1. The van der Waals surface area contributed by atoms with Crippen molar-refractivity contribution in [2.45, 2.75) is 26.8 Å². The molecule has 0 radical (unpaired) electrons. The van der Waals surface area contributed by atoms with Crippen molar-refractivity contribution in [3.8, 4) is 0 Å². The van der Waals surface area contributed by atoms with Gasteiger partial charge in [0.05, 0.1) is 6.20 Å². The van der Waals surface area contributed by atoms with Gasteiger partial charge < -0.3 is 4.79 Å². The summed E-state index contributed by atoms with van der Waals surface area (Å²) in [5.41, 5.74) is 1.23. The van der Waals surface area contributed by atoms with E-state index in [0.29, 0.717) is 6.04 Å². The number of rotatable bonds is 1. The Morgan fingerprint density at radius 1 is 1.55 bits per heavy atom. The summed E-state index contributed by atoms with van der Waals surface area (Å²) in [6.07, 6.45) is 3.92. The predicted molar refractivity (Wildman–Crippen MR) is 44.5 cm³/mol. The van der Waals surface area contributed by atoms with Crippen molar-refractivity contribution < 1.29 is 4.79 Å². The molecule has 0 aromatic carbocycles. The van der Waals surface area contributed by atoms with Crippen molar-refractivity contribution in [3.63, 3.8) is 0 Å². The number of carbonyl (C=O) groups excluding carboxylic acids is 1. The van der Waals surface area contributed by atoms with Crippen LogP contribution < -0.4 is 0 Å². The van der Waals surface area contributed by atoms with Crippen LogP contribution in [0.3, 0.4) is 0 Å². The standard InChI is InChI=1S/C7H12N2.CH2O/c1-6(2)9-5-7(3)4-8-9;1-2/h4-6H,1-3H3;1H2. The zero-order chi connectivity index (χ0) is 8.85. The van der Waals surface area contributed by atoms with Crippen molar-refractivity contribution in [2.75, 3.05) is 0 Å². The molecule has 0 unspecified atom stereocenters. The van der Waals surface area contributed by atoms with Crippen LogP contribution in [0.15, 0.2) is 12.4 Å². The molecule has 3 heteroatoms. The largest absolute Gasteiger partial charge is 0.307 e. The normalized spacial score (nSPS) is 9.09. The molecule has 1 heterocycles. The lowest BCUT2D eigenvalue weighted by Crippen LogP contribution is -1.99. The molecule has 0 saturated heterocycles.